The molecule has 1 amide bonds. The minimum Gasteiger partial charge on any atom is -0.493 e. The van der Waals surface area contributed by atoms with E-state index in [2.05, 4.69) is 0 Å². The largest absolute Gasteiger partial charge is 0.493 e. The van der Waals surface area contributed by atoms with Gasteiger partial charge in [0.05, 0.1) is 12.7 Å². The molecule has 0 saturated heterocycles. The summed E-state index contributed by atoms with van der Waals surface area (Å²) in [5.41, 5.74) is 1.79. The molecular weight excluding hydrogens is 230 g/mol. The number of benzene rings is 1. The molecule has 4 nitrogen and oxygen atoms in total. The molecular formula is C14H19NO3. The van der Waals surface area contributed by atoms with Crippen LogP contribution in [0.2, 0.25) is 0 Å². The van der Waals surface area contributed by atoms with Crippen LogP contribution in [0.25, 0.3) is 0 Å². The molecule has 4 heteroatoms. The van der Waals surface area contributed by atoms with Crippen molar-refractivity contribution in [1.82, 2.24) is 4.90 Å². The third kappa shape index (κ3) is 2.82. The highest BCUT2D eigenvalue weighted by Crippen LogP contribution is 2.26. The average molecular weight is 249 g/mol. The average Bonchev–Trinajstić information content (AvgIpc) is 2.81. The standard InChI is InChI=1S/C14H19NO3/c1-10(16)5-7-15(2)14(17)12-3-4-13-11(9-12)6-8-18-13/h3-4,9-10,16H,5-8H2,1-2H3. The molecule has 0 radical (unpaired) electrons. The zero-order valence-electron chi connectivity index (χ0n) is 10.8. The lowest BCUT2D eigenvalue weighted by molar-refractivity contribution is 0.0769. The van der Waals surface area contributed by atoms with Gasteiger partial charge in [0, 0.05) is 25.6 Å². The van der Waals surface area contributed by atoms with Gasteiger partial charge in [-0.05, 0) is 37.1 Å². The van der Waals surface area contributed by atoms with Gasteiger partial charge in [0.15, 0.2) is 0 Å². The lowest BCUT2D eigenvalue weighted by Crippen LogP contribution is -2.29. The van der Waals surface area contributed by atoms with Crippen molar-refractivity contribution in [2.45, 2.75) is 25.9 Å². The van der Waals surface area contributed by atoms with Crippen molar-refractivity contribution in [3.8, 4) is 5.75 Å². The Bertz CT molecular complexity index is 443. The Hall–Kier alpha value is -1.55. The maximum absolute atomic E-state index is 12.2. The maximum atomic E-state index is 12.2. The molecule has 0 spiro atoms. The van der Waals surface area contributed by atoms with Gasteiger partial charge in [-0.3, -0.25) is 4.79 Å². The molecule has 1 atom stereocenters. The Morgan fingerprint density at radius 3 is 3.06 bits per heavy atom. The second-order valence-electron chi connectivity index (χ2n) is 4.79. The van der Waals surface area contributed by atoms with E-state index in [1.54, 1.807) is 24.9 Å². The molecule has 18 heavy (non-hydrogen) atoms. The van der Waals surface area contributed by atoms with Gasteiger partial charge in [-0.15, -0.1) is 0 Å². The fourth-order valence-electron chi connectivity index (χ4n) is 2.02. The molecule has 0 fully saturated rings. The van der Waals surface area contributed by atoms with Gasteiger partial charge >= 0.3 is 0 Å². The summed E-state index contributed by atoms with van der Waals surface area (Å²) in [6.07, 6.45) is 1.08. The Morgan fingerprint density at radius 1 is 1.56 bits per heavy atom. The lowest BCUT2D eigenvalue weighted by atomic mass is 10.1. The molecule has 0 aromatic heterocycles. The molecule has 2 rings (SSSR count). The number of amides is 1. The molecule has 98 valence electrons. The molecule has 1 aromatic rings. The van der Waals surface area contributed by atoms with E-state index < -0.39 is 0 Å². The summed E-state index contributed by atoms with van der Waals surface area (Å²) in [4.78, 5) is 13.8. The number of aliphatic hydroxyl groups excluding tert-OH is 1. The van der Waals surface area contributed by atoms with Crippen molar-refractivity contribution < 1.29 is 14.6 Å². The van der Waals surface area contributed by atoms with Crippen LogP contribution < -0.4 is 4.74 Å². The van der Waals surface area contributed by atoms with Gasteiger partial charge in [-0.1, -0.05) is 0 Å². The van der Waals surface area contributed by atoms with Crippen LogP contribution in [-0.4, -0.2) is 42.2 Å². The Balaban J connectivity index is 2.04. The molecule has 0 bridgehead atoms. The third-order valence-electron chi connectivity index (χ3n) is 3.17. The SMILES string of the molecule is CC(O)CCN(C)C(=O)c1ccc2c(c1)CCO2. The molecule has 1 heterocycles. The monoisotopic (exact) mass is 249 g/mol. The van der Waals surface area contributed by atoms with E-state index in [0.717, 1.165) is 17.7 Å². The predicted octanol–water partition coefficient (Wildman–Crippen LogP) is 1.46. The van der Waals surface area contributed by atoms with E-state index in [0.29, 0.717) is 25.1 Å². The van der Waals surface area contributed by atoms with Gasteiger partial charge in [-0.2, -0.15) is 0 Å². The maximum Gasteiger partial charge on any atom is 0.253 e. The highest BCUT2D eigenvalue weighted by Gasteiger charge is 2.17. The highest BCUT2D eigenvalue weighted by molar-refractivity contribution is 5.94. The number of carbonyl (C=O) groups excluding carboxylic acids is 1. The Morgan fingerprint density at radius 2 is 2.33 bits per heavy atom. The normalized spacial score (nSPS) is 14.8. The minimum atomic E-state index is -0.381. The van der Waals surface area contributed by atoms with Crippen LogP contribution in [0.5, 0.6) is 5.75 Å². The van der Waals surface area contributed by atoms with E-state index in [-0.39, 0.29) is 12.0 Å². The second kappa shape index (κ2) is 5.40. The highest BCUT2D eigenvalue weighted by atomic mass is 16.5. The zero-order valence-corrected chi connectivity index (χ0v) is 10.8. The first-order valence-electron chi connectivity index (χ1n) is 6.27. The lowest BCUT2D eigenvalue weighted by Gasteiger charge is -2.18. The molecule has 1 unspecified atom stereocenters. The first-order valence-corrected chi connectivity index (χ1v) is 6.27. The van der Waals surface area contributed by atoms with Gasteiger partial charge in [-0.25, -0.2) is 0 Å². The summed E-state index contributed by atoms with van der Waals surface area (Å²) in [5, 5.41) is 9.23. The van der Waals surface area contributed by atoms with Crippen LogP contribution in [0.3, 0.4) is 0 Å². The van der Waals surface area contributed by atoms with E-state index in [9.17, 15) is 9.90 Å². The van der Waals surface area contributed by atoms with Crippen LogP contribution >= 0.6 is 0 Å². The molecule has 1 aliphatic rings. The van der Waals surface area contributed by atoms with Crippen LogP contribution in [0.15, 0.2) is 18.2 Å². The summed E-state index contributed by atoms with van der Waals surface area (Å²) in [5.74, 6) is 0.878. The number of aliphatic hydroxyl groups is 1. The number of ether oxygens (including phenoxy) is 1. The number of hydrogen-bond acceptors (Lipinski definition) is 3. The van der Waals surface area contributed by atoms with E-state index in [1.165, 1.54) is 0 Å². The summed E-state index contributed by atoms with van der Waals surface area (Å²) >= 11 is 0. The van der Waals surface area contributed by atoms with Crippen molar-refractivity contribution in [1.29, 1.82) is 0 Å². The first-order chi connectivity index (χ1) is 8.58. The van der Waals surface area contributed by atoms with Crippen molar-refractivity contribution in [3.63, 3.8) is 0 Å². The number of carbonyl (C=O) groups is 1. The number of fused-ring (bicyclic) bond motifs is 1. The Kier molecular flexibility index (Phi) is 3.87. The number of nitrogens with zero attached hydrogens (tertiary/aromatic N) is 1. The van der Waals surface area contributed by atoms with E-state index in [1.807, 2.05) is 12.1 Å². The first kappa shape index (κ1) is 12.9. The van der Waals surface area contributed by atoms with Crippen molar-refractivity contribution in [3.05, 3.63) is 29.3 Å². The van der Waals surface area contributed by atoms with Crippen molar-refractivity contribution in [2.75, 3.05) is 20.2 Å². The van der Waals surface area contributed by atoms with Crippen LogP contribution in [0.4, 0.5) is 0 Å². The van der Waals surface area contributed by atoms with Crippen LogP contribution in [0, 0.1) is 0 Å². The molecule has 0 aliphatic carbocycles. The molecule has 0 saturated carbocycles. The van der Waals surface area contributed by atoms with Gasteiger partial charge in [0.25, 0.3) is 5.91 Å². The summed E-state index contributed by atoms with van der Waals surface area (Å²) in [6, 6.07) is 5.56. The molecule has 1 N–H and O–H groups in total. The zero-order chi connectivity index (χ0) is 13.1. The number of hydrogen-bond donors (Lipinski definition) is 1. The predicted molar refractivity (Wildman–Crippen MR) is 68.9 cm³/mol. The smallest absolute Gasteiger partial charge is 0.253 e. The summed E-state index contributed by atoms with van der Waals surface area (Å²) in [6.45, 7) is 2.99. The molecule has 1 aliphatic heterocycles. The van der Waals surface area contributed by atoms with E-state index >= 15 is 0 Å². The van der Waals surface area contributed by atoms with Gasteiger partial charge in [0.2, 0.25) is 0 Å². The quantitative estimate of drug-likeness (QED) is 0.879. The van der Waals surface area contributed by atoms with Crippen molar-refractivity contribution in [2.24, 2.45) is 0 Å². The minimum absolute atomic E-state index is 0.00894. The summed E-state index contributed by atoms with van der Waals surface area (Å²) < 4.78 is 5.41. The van der Waals surface area contributed by atoms with Crippen molar-refractivity contribution >= 4 is 5.91 Å². The summed E-state index contributed by atoms with van der Waals surface area (Å²) in [7, 11) is 1.76. The van der Waals surface area contributed by atoms with E-state index in [4.69, 9.17) is 4.74 Å². The van der Waals surface area contributed by atoms with Crippen LogP contribution in [0.1, 0.15) is 29.3 Å². The Labute approximate surface area is 107 Å². The van der Waals surface area contributed by atoms with Gasteiger partial charge in [0.1, 0.15) is 5.75 Å². The topological polar surface area (TPSA) is 49.8 Å². The number of rotatable bonds is 4. The fourth-order valence-corrected chi connectivity index (χ4v) is 2.02. The fraction of sp³-hybridized carbons (Fsp3) is 0.500. The van der Waals surface area contributed by atoms with Crippen LogP contribution in [-0.2, 0) is 6.42 Å². The second-order valence-corrected chi connectivity index (χ2v) is 4.79. The van der Waals surface area contributed by atoms with Gasteiger partial charge < -0.3 is 14.7 Å². The molecule has 1 aromatic carbocycles. The third-order valence-corrected chi connectivity index (χ3v) is 3.17.